The highest BCUT2D eigenvalue weighted by molar-refractivity contribution is 5.82. The third-order valence-corrected chi connectivity index (χ3v) is 4.55. The van der Waals surface area contributed by atoms with Gasteiger partial charge in [-0.1, -0.05) is 18.2 Å². The predicted octanol–water partition coefficient (Wildman–Crippen LogP) is 4.20. The Balaban J connectivity index is 1.72. The quantitative estimate of drug-likeness (QED) is 0.542. The number of amides is 1. The van der Waals surface area contributed by atoms with Crippen LogP contribution in [0.1, 0.15) is 35.4 Å². The molecule has 1 N–H and O–H groups in total. The van der Waals surface area contributed by atoms with Gasteiger partial charge in [0, 0.05) is 31.5 Å². The van der Waals surface area contributed by atoms with E-state index in [9.17, 15) is 13.6 Å². The normalized spacial score (nSPS) is 11.4. The Labute approximate surface area is 184 Å². The van der Waals surface area contributed by atoms with Crippen LogP contribution in [-0.2, 0) is 22.7 Å². The Hall–Kier alpha value is -3.83. The van der Waals surface area contributed by atoms with Gasteiger partial charge in [0.25, 0.3) is 5.91 Å². The molecule has 0 bridgehead atoms. The molecule has 0 aliphatic heterocycles. The molecule has 3 aromatic rings. The first-order valence-corrected chi connectivity index (χ1v) is 9.91. The molecule has 0 saturated heterocycles. The van der Waals surface area contributed by atoms with Gasteiger partial charge in [-0.2, -0.15) is 5.26 Å². The van der Waals surface area contributed by atoms with E-state index in [1.54, 1.807) is 55.6 Å². The summed E-state index contributed by atoms with van der Waals surface area (Å²) in [6.07, 6.45) is 0.120. The molecule has 0 saturated carbocycles. The van der Waals surface area contributed by atoms with Crippen molar-refractivity contribution in [2.24, 2.45) is 0 Å². The van der Waals surface area contributed by atoms with Crippen LogP contribution in [0.3, 0.4) is 0 Å². The van der Waals surface area contributed by atoms with E-state index < -0.39 is 29.2 Å². The molecule has 8 heteroatoms. The zero-order chi connectivity index (χ0) is 22.9. The van der Waals surface area contributed by atoms with Gasteiger partial charge in [-0.05, 0) is 36.8 Å². The lowest BCUT2D eigenvalue weighted by Crippen LogP contribution is -2.31. The number of nitrogens with zero attached hydrogens (tertiary/aromatic N) is 2. The van der Waals surface area contributed by atoms with Crippen LogP contribution in [0.2, 0.25) is 0 Å². The topological polar surface area (TPSA) is 84.2 Å². The smallest absolute Gasteiger partial charge is 0.254 e. The summed E-state index contributed by atoms with van der Waals surface area (Å²) in [6, 6.07) is 15.9. The highest BCUT2D eigenvalue weighted by atomic mass is 19.1. The van der Waals surface area contributed by atoms with E-state index in [1.165, 1.54) is 0 Å². The zero-order valence-electron chi connectivity index (χ0n) is 17.3. The molecule has 1 heterocycles. The lowest BCUT2D eigenvalue weighted by atomic mass is 10.1. The first-order valence-electron chi connectivity index (χ1n) is 9.91. The number of halogens is 2. The summed E-state index contributed by atoms with van der Waals surface area (Å²) in [5.41, 5.74) is 1.33. The maximum Gasteiger partial charge on any atom is 0.254 e. The van der Waals surface area contributed by atoms with Crippen LogP contribution in [0.5, 0.6) is 5.75 Å². The number of carbonyl (C=O) groups excluding carboxylic acids is 1. The van der Waals surface area contributed by atoms with E-state index in [4.69, 9.17) is 14.7 Å². The summed E-state index contributed by atoms with van der Waals surface area (Å²) < 4.78 is 40.4. The Morgan fingerprint density at radius 1 is 1.16 bits per heavy atom. The van der Waals surface area contributed by atoms with Crippen LogP contribution in [0.4, 0.5) is 8.78 Å². The summed E-state index contributed by atoms with van der Waals surface area (Å²) >= 11 is 0. The number of aromatic nitrogens is 1. The monoisotopic (exact) mass is 437 g/mol. The second-order valence-corrected chi connectivity index (χ2v) is 6.77. The van der Waals surface area contributed by atoms with Crippen molar-refractivity contribution in [3.63, 3.8) is 0 Å². The number of pyridine rings is 1. The Bertz CT molecular complexity index is 1080. The Morgan fingerprint density at radius 3 is 2.47 bits per heavy atom. The fourth-order valence-electron chi connectivity index (χ4n) is 2.97. The average molecular weight is 437 g/mol. The minimum Gasteiger partial charge on any atom is -0.487 e. The molecule has 0 radical (unpaired) electrons. The minimum absolute atomic E-state index is 0.0253. The molecule has 6 nitrogen and oxygen atoms in total. The summed E-state index contributed by atoms with van der Waals surface area (Å²) in [7, 11) is 0. The number of nitriles is 1. The van der Waals surface area contributed by atoms with Gasteiger partial charge in [-0.25, -0.2) is 8.78 Å². The highest BCUT2D eigenvalue weighted by Gasteiger charge is 2.28. The molecule has 1 amide bonds. The summed E-state index contributed by atoms with van der Waals surface area (Å²) in [4.78, 5) is 16.8. The van der Waals surface area contributed by atoms with E-state index in [0.717, 1.165) is 17.7 Å². The van der Waals surface area contributed by atoms with Crippen LogP contribution in [-0.4, -0.2) is 17.5 Å². The maximum atomic E-state index is 14.8. The van der Waals surface area contributed by atoms with Crippen molar-refractivity contribution in [2.45, 2.75) is 26.2 Å². The van der Waals surface area contributed by atoms with Gasteiger partial charge in [0.15, 0.2) is 6.10 Å². The van der Waals surface area contributed by atoms with Crippen LogP contribution < -0.4 is 10.1 Å². The van der Waals surface area contributed by atoms with Crippen molar-refractivity contribution in [1.29, 1.82) is 5.26 Å². The standard InChI is InChI=1S/C24H21F2N3O3/c1-2-31-23(24(30)29-14-17-8-6-16(13-27)7-9-17)22-20(25)11-19(12-21(22)26)32-15-18-5-3-4-10-28-18/h3-12,23H,2,14-15H2,1H3,(H,29,30). The predicted molar refractivity (Wildman–Crippen MR) is 112 cm³/mol. The van der Waals surface area contributed by atoms with Crippen LogP contribution >= 0.6 is 0 Å². The van der Waals surface area contributed by atoms with Gasteiger partial charge in [0.1, 0.15) is 24.0 Å². The molecule has 2 aromatic carbocycles. The molecule has 164 valence electrons. The van der Waals surface area contributed by atoms with Gasteiger partial charge < -0.3 is 14.8 Å². The van der Waals surface area contributed by atoms with Crippen molar-refractivity contribution in [1.82, 2.24) is 10.3 Å². The second-order valence-electron chi connectivity index (χ2n) is 6.77. The number of carbonyl (C=O) groups is 1. The molecule has 1 aromatic heterocycles. The summed E-state index contributed by atoms with van der Waals surface area (Å²) in [6.45, 7) is 1.86. The number of hydrogen-bond acceptors (Lipinski definition) is 5. The molecule has 0 aliphatic carbocycles. The largest absolute Gasteiger partial charge is 0.487 e. The van der Waals surface area contributed by atoms with Gasteiger partial charge in [-0.3, -0.25) is 9.78 Å². The Kier molecular flexibility index (Phi) is 7.84. The number of nitrogens with one attached hydrogen (secondary N) is 1. The molecule has 0 fully saturated rings. The van der Waals surface area contributed by atoms with Gasteiger partial charge in [0.05, 0.1) is 22.9 Å². The highest BCUT2D eigenvalue weighted by Crippen LogP contribution is 2.29. The third-order valence-electron chi connectivity index (χ3n) is 4.55. The van der Waals surface area contributed by atoms with Crippen LogP contribution in [0, 0.1) is 23.0 Å². The minimum atomic E-state index is -1.47. The fraction of sp³-hybridized carbons (Fsp3) is 0.208. The van der Waals surface area contributed by atoms with E-state index in [1.807, 2.05) is 6.07 Å². The van der Waals surface area contributed by atoms with E-state index in [2.05, 4.69) is 10.3 Å². The van der Waals surface area contributed by atoms with E-state index in [-0.39, 0.29) is 25.5 Å². The molecule has 1 unspecified atom stereocenters. The van der Waals surface area contributed by atoms with Crippen LogP contribution in [0.15, 0.2) is 60.8 Å². The first kappa shape index (κ1) is 22.8. The van der Waals surface area contributed by atoms with Gasteiger partial charge in [-0.15, -0.1) is 0 Å². The second kappa shape index (κ2) is 11.0. The number of rotatable bonds is 9. The molecule has 3 rings (SSSR count). The molecule has 32 heavy (non-hydrogen) atoms. The fourth-order valence-corrected chi connectivity index (χ4v) is 2.97. The third kappa shape index (κ3) is 5.86. The average Bonchev–Trinajstić information content (AvgIpc) is 2.81. The number of hydrogen-bond donors (Lipinski definition) is 1. The molecule has 0 aliphatic rings. The molecule has 0 spiro atoms. The number of benzene rings is 2. The van der Waals surface area contributed by atoms with E-state index in [0.29, 0.717) is 11.3 Å². The lowest BCUT2D eigenvalue weighted by molar-refractivity contribution is -0.133. The van der Waals surface area contributed by atoms with Crippen molar-refractivity contribution in [3.8, 4) is 11.8 Å². The zero-order valence-corrected chi connectivity index (χ0v) is 17.3. The molecular formula is C24H21F2N3O3. The lowest BCUT2D eigenvalue weighted by Gasteiger charge is -2.19. The summed E-state index contributed by atoms with van der Waals surface area (Å²) in [5, 5.41) is 11.5. The Morgan fingerprint density at radius 2 is 1.88 bits per heavy atom. The summed E-state index contributed by atoms with van der Waals surface area (Å²) in [5.74, 6) is -2.61. The molecule has 1 atom stereocenters. The first-order chi connectivity index (χ1) is 15.5. The van der Waals surface area contributed by atoms with Crippen molar-refractivity contribution in [2.75, 3.05) is 6.61 Å². The maximum absolute atomic E-state index is 14.8. The van der Waals surface area contributed by atoms with Crippen molar-refractivity contribution < 1.29 is 23.0 Å². The number of ether oxygens (including phenoxy) is 2. The van der Waals surface area contributed by atoms with Crippen molar-refractivity contribution in [3.05, 3.63) is 94.8 Å². The van der Waals surface area contributed by atoms with Crippen molar-refractivity contribution >= 4 is 5.91 Å². The molecular weight excluding hydrogens is 416 g/mol. The van der Waals surface area contributed by atoms with E-state index >= 15 is 0 Å². The SMILES string of the molecule is CCOC(C(=O)NCc1ccc(C#N)cc1)c1c(F)cc(OCc2ccccn2)cc1F. The van der Waals surface area contributed by atoms with Gasteiger partial charge >= 0.3 is 0 Å². The van der Waals surface area contributed by atoms with Crippen LogP contribution in [0.25, 0.3) is 0 Å². The van der Waals surface area contributed by atoms with Gasteiger partial charge in [0.2, 0.25) is 0 Å².